The molecule has 0 aliphatic rings. The largest absolute Gasteiger partial charge is 0.362 e. The van der Waals surface area contributed by atoms with Crippen molar-refractivity contribution in [1.82, 2.24) is 5.32 Å². The Balaban J connectivity index is 2.15. The van der Waals surface area contributed by atoms with Gasteiger partial charge >= 0.3 is 0 Å². The van der Waals surface area contributed by atoms with Crippen LogP contribution in [0.25, 0.3) is 0 Å². The minimum atomic E-state index is -1.64. The first-order valence-corrected chi connectivity index (χ1v) is 11.7. The van der Waals surface area contributed by atoms with Gasteiger partial charge < -0.3 is 10.6 Å². The fraction of sp³-hybridized carbons (Fsp3) is 0.682. The van der Waals surface area contributed by atoms with Gasteiger partial charge in [0.1, 0.15) is 6.17 Å². The van der Waals surface area contributed by atoms with E-state index < -0.39 is 9.96 Å². The van der Waals surface area contributed by atoms with Crippen LogP contribution in [0, 0.1) is 0 Å². The Morgan fingerprint density at radius 2 is 1.36 bits per heavy atom. The van der Waals surface area contributed by atoms with Gasteiger partial charge in [0, 0.05) is 12.1 Å². The second-order valence-electron chi connectivity index (χ2n) is 7.34. The molecule has 3 nitrogen and oxygen atoms in total. The first-order valence-electron chi connectivity index (χ1n) is 10.6. The van der Waals surface area contributed by atoms with Gasteiger partial charge in [-0.15, -0.1) is 0 Å². The molecule has 6 heteroatoms. The van der Waals surface area contributed by atoms with E-state index in [1.165, 1.54) is 57.8 Å². The molecule has 0 saturated carbocycles. The van der Waals surface area contributed by atoms with Crippen LogP contribution in [0.5, 0.6) is 0 Å². The predicted molar refractivity (Wildman–Crippen MR) is 123 cm³/mol. The summed E-state index contributed by atoms with van der Waals surface area (Å²) >= 11 is 18.1. The van der Waals surface area contributed by atoms with Crippen molar-refractivity contribution in [3.8, 4) is 0 Å². The number of unbranched alkanes of at least 4 members (excludes halogenated alkanes) is 10. The number of hydrogen-bond acceptors (Lipinski definition) is 2. The van der Waals surface area contributed by atoms with E-state index in [0.29, 0.717) is 6.42 Å². The van der Waals surface area contributed by atoms with Gasteiger partial charge in [0.25, 0.3) is 0 Å². The topological polar surface area (TPSA) is 41.1 Å². The molecule has 1 aromatic rings. The van der Waals surface area contributed by atoms with E-state index in [0.717, 1.165) is 18.5 Å². The van der Waals surface area contributed by atoms with Gasteiger partial charge in [-0.3, -0.25) is 4.79 Å². The number of para-hydroxylation sites is 1. The summed E-state index contributed by atoms with van der Waals surface area (Å²) in [4.78, 5) is 12.2. The van der Waals surface area contributed by atoms with Gasteiger partial charge in [-0.05, 0) is 18.6 Å². The minimum absolute atomic E-state index is 0.101. The zero-order valence-electron chi connectivity index (χ0n) is 17.0. The van der Waals surface area contributed by atoms with Crippen molar-refractivity contribution >= 4 is 46.4 Å². The highest BCUT2D eigenvalue weighted by molar-refractivity contribution is 6.68. The number of hydrogen-bond donors (Lipinski definition) is 2. The third kappa shape index (κ3) is 12.7. The number of amides is 1. The molecule has 0 heterocycles. The summed E-state index contributed by atoms with van der Waals surface area (Å²) in [5, 5.41) is 5.86. The number of alkyl halides is 3. The average molecular weight is 450 g/mol. The molecule has 28 heavy (non-hydrogen) atoms. The molecule has 0 fully saturated rings. The molecule has 0 aromatic heterocycles. The molecule has 1 rings (SSSR count). The van der Waals surface area contributed by atoms with E-state index >= 15 is 0 Å². The Bertz CT molecular complexity index is 520. The van der Waals surface area contributed by atoms with Crippen molar-refractivity contribution < 1.29 is 4.79 Å². The molecule has 2 N–H and O–H groups in total. The Morgan fingerprint density at radius 1 is 0.857 bits per heavy atom. The van der Waals surface area contributed by atoms with Gasteiger partial charge in [-0.25, -0.2) is 0 Å². The monoisotopic (exact) mass is 448 g/mol. The van der Waals surface area contributed by atoms with Crippen molar-refractivity contribution in [3.05, 3.63) is 30.3 Å². The van der Waals surface area contributed by atoms with E-state index in [1.807, 2.05) is 30.3 Å². The highest BCUT2D eigenvalue weighted by Crippen LogP contribution is 2.31. The van der Waals surface area contributed by atoms with Crippen LogP contribution in [0.3, 0.4) is 0 Å². The van der Waals surface area contributed by atoms with Crippen LogP contribution >= 0.6 is 34.8 Å². The summed E-state index contributed by atoms with van der Waals surface area (Å²) in [5.74, 6) is -0.101. The van der Waals surface area contributed by atoms with Crippen molar-refractivity contribution in [2.75, 3.05) is 5.32 Å². The Labute approximate surface area is 185 Å². The van der Waals surface area contributed by atoms with E-state index in [2.05, 4.69) is 17.6 Å². The fourth-order valence-electron chi connectivity index (χ4n) is 3.08. The number of rotatable bonds is 15. The molecule has 0 bridgehead atoms. The number of carbonyl (C=O) groups excluding carboxylic acids is 1. The third-order valence-corrected chi connectivity index (χ3v) is 5.38. The predicted octanol–water partition coefficient (Wildman–Crippen LogP) is 7.61. The van der Waals surface area contributed by atoms with Crippen LogP contribution in [-0.4, -0.2) is 15.9 Å². The molecule has 1 amide bonds. The molecule has 0 aliphatic carbocycles. The molecule has 1 atom stereocenters. The molecular weight excluding hydrogens is 415 g/mol. The molecule has 0 unspecified atom stereocenters. The van der Waals surface area contributed by atoms with Crippen LogP contribution < -0.4 is 10.6 Å². The van der Waals surface area contributed by atoms with Crippen LogP contribution in [-0.2, 0) is 4.79 Å². The molecule has 0 saturated heterocycles. The Hall–Kier alpha value is -0.640. The van der Waals surface area contributed by atoms with Gasteiger partial charge in [-0.1, -0.05) is 124 Å². The van der Waals surface area contributed by atoms with Crippen molar-refractivity contribution in [3.63, 3.8) is 0 Å². The third-order valence-electron chi connectivity index (χ3n) is 4.72. The lowest BCUT2D eigenvalue weighted by molar-refractivity contribution is -0.121. The summed E-state index contributed by atoms with van der Waals surface area (Å²) in [7, 11) is 0. The van der Waals surface area contributed by atoms with E-state index in [4.69, 9.17) is 34.8 Å². The fourth-order valence-corrected chi connectivity index (χ4v) is 3.41. The summed E-state index contributed by atoms with van der Waals surface area (Å²) in [5.41, 5.74) is 0.786. The maximum atomic E-state index is 12.2. The SMILES string of the molecule is CCCCCCCCCCCCCC(=O)N[C@H](Nc1ccccc1)C(Cl)(Cl)Cl. The molecular formula is C22H35Cl3N2O. The Kier molecular flexibility index (Phi) is 13.8. The average Bonchev–Trinajstić information content (AvgIpc) is 2.65. The van der Waals surface area contributed by atoms with E-state index in [9.17, 15) is 4.79 Å². The quantitative estimate of drug-likeness (QED) is 0.164. The molecule has 0 spiro atoms. The number of benzene rings is 1. The molecule has 1 aromatic carbocycles. The first kappa shape index (κ1) is 25.4. The summed E-state index contributed by atoms with van der Waals surface area (Å²) in [6.07, 6.45) is 13.4. The number of halogens is 3. The lowest BCUT2D eigenvalue weighted by Crippen LogP contribution is -2.49. The van der Waals surface area contributed by atoms with Crippen molar-refractivity contribution in [1.29, 1.82) is 0 Å². The Morgan fingerprint density at radius 3 is 1.86 bits per heavy atom. The van der Waals surface area contributed by atoms with Crippen molar-refractivity contribution in [2.24, 2.45) is 0 Å². The van der Waals surface area contributed by atoms with Crippen LogP contribution in [0.4, 0.5) is 5.69 Å². The summed E-state index contributed by atoms with van der Waals surface area (Å²) < 4.78 is -1.64. The van der Waals surface area contributed by atoms with Crippen LogP contribution in [0.1, 0.15) is 84.0 Å². The smallest absolute Gasteiger partial charge is 0.228 e. The normalized spacial score (nSPS) is 12.6. The number of anilines is 1. The van der Waals surface area contributed by atoms with Crippen LogP contribution in [0.2, 0.25) is 0 Å². The second kappa shape index (κ2) is 15.2. The number of nitrogens with one attached hydrogen (secondary N) is 2. The van der Waals surface area contributed by atoms with Gasteiger partial charge in [0.2, 0.25) is 9.70 Å². The summed E-state index contributed by atoms with van der Waals surface area (Å²) in [6, 6.07) is 9.38. The molecule has 160 valence electrons. The summed E-state index contributed by atoms with van der Waals surface area (Å²) in [6.45, 7) is 2.25. The van der Waals surface area contributed by atoms with Gasteiger partial charge in [0.15, 0.2) is 0 Å². The zero-order valence-corrected chi connectivity index (χ0v) is 19.3. The lowest BCUT2D eigenvalue weighted by Gasteiger charge is -2.27. The van der Waals surface area contributed by atoms with Gasteiger partial charge in [-0.2, -0.15) is 0 Å². The highest BCUT2D eigenvalue weighted by atomic mass is 35.6. The van der Waals surface area contributed by atoms with Crippen LogP contribution in [0.15, 0.2) is 30.3 Å². The van der Waals surface area contributed by atoms with Crippen molar-refractivity contribution in [2.45, 2.75) is 93.9 Å². The standard InChI is InChI=1S/C22H35Cl3N2O/c1-2-3-4-5-6-7-8-9-10-11-15-18-20(28)27-21(22(23,24)25)26-19-16-13-12-14-17-19/h12-14,16-17,21,26H,2-11,15,18H2,1H3,(H,27,28)/t21-/m0/s1. The van der Waals surface area contributed by atoms with E-state index in [-0.39, 0.29) is 5.91 Å². The zero-order chi connectivity index (χ0) is 20.7. The van der Waals surface area contributed by atoms with E-state index in [1.54, 1.807) is 0 Å². The van der Waals surface area contributed by atoms with Gasteiger partial charge in [0.05, 0.1) is 0 Å². The molecule has 0 radical (unpaired) electrons. The number of carbonyl (C=O) groups is 1. The molecule has 0 aliphatic heterocycles. The lowest BCUT2D eigenvalue weighted by atomic mass is 10.1. The highest BCUT2D eigenvalue weighted by Gasteiger charge is 2.33. The maximum absolute atomic E-state index is 12.2. The second-order valence-corrected chi connectivity index (χ2v) is 9.71. The minimum Gasteiger partial charge on any atom is -0.362 e. The first-order chi connectivity index (χ1) is 13.4. The maximum Gasteiger partial charge on any atom is 0.228 e.